The van der Waals surface area contributed by atoms with Gasteiger partial charge in [0.05, 0.1) is 18.8 Å². The summed E-state index contributed by atoms with van der Waals surface area (Å²) in [4.78, 5) is 10.5. The fourth-order valence-electron chi connectivity index (χ4n) is 1.16. The van der Waals surface area contributed by atoms with Gasteiger partial charge in [0.25, 0.3) is 0 Å². The first-order valence-corrected chi connectivity index (χ1v) is 3.47. The molecular weight excluding hydrogens is 166 g/mol. The molecule has 6 heteroatoms. The Labute approximate surface area is 69.9 Å². The summed E-state index contributed by atoms with van der Waals surface area (Å²) < 4.78 is 7.21. The Kier molecular flexibility index (Phi) is 2.22. The van der Waals surface area contributed by atoms with Crippen molar-refractivity contribution >= 4 is 5.97 Å². The Hall–Kier alpha value is -0.690. The van der Waals surface area contributed by atoms with E-state index >= 15 is 0 Å². The van der Waals surface area contributed by atoms with Gasteiger partial charge in [-0.25, -0.2) is 0 Å². The monoisotopic (exact) mass is 178 g/mol. The second-order valence-electron chi connectivity index (χ2n) is 2.66. The third-order valence-corrected chi connectivity index (χ3v) is 1.86. The van der Waals surface area contributed by atoms with E-state index in [9.17, 15) is 15.0 Å². The maximum Gasteiger partial charge on any atom is 0.323 e. The number of rotatable bonds is 2. The van der Waals surface area contributed by atoms with Crippen LogP contribution in [0.3, 0.4) is 0 Å². The summed E-state index contributed by atoms with van der Waals surface area (Å²) in [5.74, 6) is -1.39. The van der Waals surface area contributed by atoms with Crippen LogP contribution in [0.5, 0.6) is 0 Å². The van der Waals surface area contributed by atoms with Crippen LogP contribution in [-0.2, 0) is 4.79 Å². The third kappa shape index (κ3) is 1.42. The van der Waals surface area contributed by atoms with E-state index in [1.807, 2.05) is 0 Å². The second kappa shape index (κ2) is 3.36. The highest BCUT2D eigenvalue weighted by Crippen LogP contribution is 2.13. The smallest absolute Gasteiger partial charge is 0.323 e. The van der Waals surface area contributed by atoms with Crippen LogP contribution in [0.1, 0.15) is 0 Å². The summed E-state index contributed by atoms with van der Waals surface area (Å²) in [6.07, 6.45) is -2.93. The molecule has 0 aliphatic carbocycles. The Morgan fingerprint density at radius 3 is 2.33 bits per heavy atom. The van der Waals surface area contributed by atoms with Crippen molar-refractivity contribution in [1.29, 1.82) is 0 Å². The van der Waals surface area contributed by atoms with Crippen molar-refractivity contribution in [2.75, 3.05) is 6.61 Å². The van der Waals surface area contributed by atoms with E-state index in [2.05, 4.69) is 0 Å². The van der Waals surface area contributed by atoms with Crippen LogP contribution in [0.25, 0.3) is 0 Å². The van der Waals surface area contributed by atoms with Crippen LogP contribution in [0, 0.1) is 0 Å². The molecule has 1 saturated heterocycles. The number of aliphatic hydroxyl groups is 3. The molecule has 4 atom stereocenters. The highest BCUT2D eigenvalue weighted by molar-refractivity contribution is 5.75. The number of carboxylic acids is 1. The van der Waals surface area contributed by atoms with Gasteiger partial charge in [-0.2, -0.15) is 0 Å². The number of hydrogen-bond acceptors (Lipinski definition) is 5. The molecule has 1 aliphatic rings. The zero-order valence-corrected chi connectivity index (χ0v) is 6.16. The Bertz CT molecular complexity index is 213. The lowest BCUT2D eigenvalue weighted by atomic mass is 10.1. The number of nitrogens with one attached hydrogen (secondary N) is 1. The molecule has 5 N–H and O–H groups in total. The summed E-state index contributed by atoms with van der Waals surface area (Å²) in [5.41, 5.74) is 0. The topological polar surface area (TPSA) is 110 Å². The Balaban J connectivity index is 2.84. The number of hydrogen-bond donors (Lipinski definition) is 5. The molecule has 70 valence electrons. The predicted molar refractivity (Wildman–Crippen MR) is 37.4 cm³/mol. The van der Waals surface area contributed by atoms with Gasteiger partial charge in [-0.05, 0) is 0 Å². The molecule has 0 unspecified atom stereocenters. The molecule has 12 heavy (non-hydrogen) atoms. The molecule has 0 bridgehead atoms. The van der Waals surface area contributed by atoms with Gasteiger partial charge in [-0.1, -0.05) is 0 Å². The molecule has 0 aromatic carbocycles. The zero-order chi connectivity index (χ0) is 10.2. The molecular formula is C6H11NO5. The first-order chi connectivity index (χ1) is 6.00. The van der Waals surface area contributed by atoms with E-state index < -0.39 is 36.9 Å². The van der Waals surface area contributed by atoms with E-state index in [0.717, 1.165) is 0 Å². The molecule has 1 fully saturated rings. The SMILES string of the molecule is [2H]N1[C@H](CO)[C@@H](O)[C@H](O)[C@H]1C(=O)O. The van der Waals surface area contributed by atoms with Crippen LogP contribution in [0.4, 0.5) is 0 Å². The highest BCUT2D eigenvalue weighted by Gasteiger charge is 2.44. The number of aliphatic carboxylic acids is 1. The van der Waals surface area contributed by atoms with Crippen molar-refractivity contribution in [3.8, 4) is 0 Å². The minimum absolute atomic E-state index is 0.512. The zero-order valence-electron chi connectivity index (χ0n) is 7.16. The largest absolute Gasteiger partial charge is 0.480 e. The second-order valence-corrected chi connectivity index (χ2v) is 2.66. The Morgan fingerprint density at radius 2 is 2.08 bits per heavy atom. The van der Waals surface area contributed by atoms with Crippen LogP contribution < -0.4 is 5.31 Å². The molecule has 1 rings (SSSR count). The van der Waals surface area contributed by atoms with Gasteiger partial charge in [-0.3, -0.25) is 10.1 Å². The maximum absolute atomic E-state index is 10.5. The first-order valence-electron chi connectivity index (χ1n) is 3.92. The molecule has 1 heterocycles. The standard InChI is InChI=1S/C6H11NO5/c8-1-2-4(9)5(10)3(7-2)6(11)12/h2-5,7-10H,1H2,(H,11,12)/t2-,3+,4-,5-/m1/s1/i/hD. The third-order valence-electron chi connectivity index (χ3n) is 1.86. The Morgan fingerprint density at radius 1 is 1.50 bits per heavy atom. The minimum atomic E-state index is -1.54. The van der Waals surface area contributed by atoms with Gasteiger partial charge >= 0.3 is 5.97 Å². The van der Waals surface area contributed by atoms with Crippen LogP contribution in [0.15, 0.2) is 0 Å². The fourth-order valence-corrected chi connectivity index (χ4v) is 1.16. The summed E-state index contributed by atoms with van der Waals surface area (Å²) in [7, 11) is 0. The molecule has 1 aliphatic heterocycles. The highest BCUT2D eigenvalue weighted by atomic mass is 16.4. The van der Waals surface area contributed by atoms with E-state index in [0.29, 0.717) is 5.31 Å². The van der Waals surface area contributed by atoms with Crippen molar-refractivity contribution in [3.63, 3.8) is 0 Å². The van der Waals surface area contributed by atoms with Crippen LogP contribution in [-0.4, -0.2) is 57.3 Å². The minimum Gasteiger partial charge on any atom is -0.480 e. The number of carbonyl (C=O) groups is 1. The van der Waals surface area contributed by atoms with Crippen LogP contribution in [0.2, 0.25) is 1.41 Å². The van der Waals surface area contributed by atoms with Gasteiger partial charge in [0.2, 0.25) is 0 Å². The average molecular weight is 178 g/mol. The van der Waals surface area contributed by atoms with Gasteiger partial charge in [0.1, 0.15) is 13.6 Å². The van der Waals surface area contributed by atoms with Gasteiger partial charge < -0.3 is 20.4 Å². The molecule has 0 aromatic rings. The molecule has 0 saturated carbocycles. The van der Waals surface area contributed by atoms with Gasteiger partial charge in [-0.15, -0.1) is 0 Å². The lowest BCUT2D eigenvalue weighted by Crippen LogP contribution is -2.41. The maximum atomic E-state index is 10.5. The summed E-state index contributed by atoms with van der Waals surface area (Å²) in [6.45, 7) is -0.564. The summed E-state index contributed by atoms with van der Waals surface area (Å²) >= 11 is 0. The molecule has 0 aromatic heterocycles. The van der Waals surface area contributed by atoms with Crippen molar-refractivity contribution in [2.45, 2.75) is 24.3 Å². The van der Waals surface area contributed by atoms with E-state index in [1.165, 1.54) is 0 Å². The molecule has 0 amide bonds. The average Bonchev–Trinajstić information content (AvgIpc) is 2.24. The first kappa shape index (κ1) is 7.93. The predicted octanol–water partition coefficient (Wildman–Crippen LogP) is -2.87. The van der Waals surface area contributed by atoms with Gasteiger partial charge in [0.15, 0.2) is 0 Å². The molecule has 0 spiro atoms. The van der Waals surface area contributed by atoms with E-state index in [-0.39, 0.29) is 0 Å². The van der Waals surface area contributed by atoms with E-state index in [1.54, 1.807) is 0 Å². The summed E-state index contributed by atoms with van der Waals surface area (Å²) in [6, 6.07) is -2.52. The van der Waals surface area contributed by atoms with Crippen molar-refractivity contribution in [2.24, 2.45) is 0 Å². The number of aliphatic hydroxyl groups excluding tert-OH is 3. The molecule has 0 radical (unpaired) electrons. The van der Waals surface area contributed by atoms with E-state index in [4.69, 9.17) is 11.6 Å². The van der Waals surface area contributed by atoms with Gasteiger partial charge in [0, 0.05) is 0 Å². The summed E-state index contributed by atoms with van der Waals surface area (Å²) in [5, 5.41) is 36.2. The number of carboxylic acid groups (broad SMARTS) is 1. The van der Waals surface area contributed by atoms with Crippen molar-refractivity contribution in [1.82, 2.24) is 5.31 Å². The molecule has 6 nitrogen and oxygen atoms in total. The van der Waals surface area contributed by atoms with Crippen LogP contribution >= 0.6 is 0 Å². The lowest BCUT2D eigenvalue weighted by Gasteiger charge is -2.11. The lowest BCUT2D eigenvalue weighted by molar-refractivity contribution is -0.142. The fraction of sp³-hybridized carbons (Fsp3) is 0.833. The quantitative estimate of drug-likeness (QED) is 0.311. The van der Waals surface area contributed by atoms with Crippen molar-refractivity contribution < 1.29 is 26.6 Å². The normalized spacial score (nSPS) is 44.4. The van der Waals surface area contributed by atoms with Crippen molar-refractivity contribution in [3.05, 3.63) is 0 Å².